The quantitative estimate of drug-likeness (QED) is 0.143. The molecule has 0 aliphatic carbocycles. The monoisotopic (exact) mass is 521 g/mol. The number of nitrogens with zero attached hydrogens (tertiary/aromatic N) is 2. The first-order chi connectivity index (χ1) is 18.3. The number of hydrogen-bond donors (Lipinski definition) is 3. The number of aromatic nitrogens is 2. The Hall–Kier alpha value is -4.67. The SMILES string of the molecule is CCOC(=O)/C(=C/CCCC(N)=O)N(NC(=O)c1ccc(-c2cc(C)no2)[nH]1)C(=O)CCc1ccccc1. The Balaban J connectivity index is 1.86. The third-order valence-electron chi connectivity index (χ3n) is 5.45. The van der Waals surface area contributed by atoms with Crippen LogP contribution in [0.3, 0.4) is 0 Å². The summed E-state index contributed by atoms with van der Waals surface area (Å²) in [6, 6.07) is 14.2. The Bertz CT molecular complexity index is 1290. The molecule has 0 saturated carbocycles. The lowest BCUT2D eigenvalue weighted by atomic mass is 10.1. The van der Waals surface area contributed by atoms with Crippen molar-refractivity contribution in [3.8, 4) is 11.5 Å². The Kier molecular flexibility index (Phi) is 9.98. The summed E-state index contributed by atoms with van der Waals surface area (Å²) >= 11 is 0. The Morgan fingerprint density at radius 1 is 1.13 bits per heavy atom. The van der Waals surface area contributed by atoms with Crippen LogP contribution in [0.1, 0.15) is 54.4 Å². The number of hydrazine groups is 1. The number of esters is 1. The highest BCUT2D eigenvalue weighted by Gasteiger charge is 2.27. The van der Waals surface area contributed by atoms with Crippen molar-refractivity contribution in [1.29, 1.82) is 0 Å². The molecule has 0 unspecified atom stereocenters. The lowest BCUT2D eigenvalue weighted by Crippen LogP contribution is -2.47. The van der Waals surface area contributed by atoms with E-state index in [0.717, 1.165) is 10.6 Å². The summed E-state index contributed by atoms with van der Waals surface area (Å²) in [5.74, 6) is -2.00. The van der Waals surface area contributed by atoms with Crippen LogP contribution in [0, 0.1) is 6.92 Å². The molecule has 0 atom stereocenters. The van der Waals surface area contributed by atoms with E-state index in [-0.39, 0.29) is 37.3 Å². The fraction of sp³-hybridized carbons (Fsp3) is 0.296. The molecule has 200 valence electrons. The van der Waals surface area contributed by atoms with Crippen molar-refractivity contribution in [1.82, 2.24) is 20.6 Å². The molecule has 3 rings (SSSR count). The number of amides is 3. The van der Waals surface area contributed by atoms with Crippen LogP contribution < -0.4 is 11.2 Å². The molecule has 11 heteroatoms. The Morgan fingerprint density at radius 3 is 2.55 bits per heavy atom. The molecule has 0 saturated heterocycles. The number of ether oxygens (including phenoxy) is 1. The largest absolute Gasteiger partial charge is 0.461 e. The summed E-state index contributed by atoms with van der Waals surface area (Å²) in [4.78, 5) is 53.4. The van der Waals surface area contributed by atoms with Crippen molar-refractivity contribution in [2.75, 3.05) is 6.61 Å². The summed E-state index contributed by atoms with van der Waals surface area (Å²) in [6.45, 7) is 3.47. The van der Waals surface area contributed by atoms with Gasteiger partial charge in [0.2, 0.25) is 11.8 Å². The smallest absolute Gasteiger partial charge is 0.356 e. The summed E-state index contributed by atoms with van der Waals surface area (Å²) in [6.07, 6.45) is 2.57. The molecule has 0 aliphatic heterocycles. The van der Waals surface area contributed by atoms with Crippen LogP contribution in [0.15, 0.2) is 64.8 Å². The number of carbonyl (C=O) groups is 4. The number of aryl methyl sites for hydroxylation is 2. The lowest BCUT2D eigenvalue weighted by Gasteiger charge is -2.25. The van der Waals surface area contributed by atoms with Crippen LogP contribution in [0.25, 0.3) is 11.5 Å². The molecule has 0 aliphatic rings. The van der Waals surface area contributed by atoms with Crippen molar-refractivity contribution < 1.29 is 28.4 Å². The number of H-pyrrole nitrogens is 1. The van der Waals surface area contributed by atoms with Crippen molar-refractivity contribution in [3.05, 3.63) is 77.3 Å². The van der Waals surface area contributed by atoms with Gasteiger partial charge in [0.05, 0.1) is 18.0 Å². The number of hydrogen-bond acceptors (Lipinski definition) is 7. The van der Waals surface area contributed by atoms with Gasteiger partial charge in [0, 0.05) is 18.9 Å². The maximum atomic E-state index is 13.4. The Morgan fingerprint density at radius 2 is 1.89 bits per heavy atom. The highest BCUT2D eigenvalue weighted by molar-refractivity contribution is 5.98. The van der Waals surface area contributed by atoms with Crippen LogP contribution in [-0.2, 0) is 25.5 Å². The third kappa shape index (κ3) is 7.92. The first-order valence-electron chi connectivity index (χ1n) is 12.2. The minimum absolute atomic E-state index is 0.00957. The molecule has 3 aromatic rings. The van der Waals surface area contributed by atoms with E-state index in [2.05, 4.69) is 15.6 Å². The molecule has 2 heterocycles. The van der Waals surface area contributed by atoms with Crippen LogP contribution in [-0.4, -0.2) is 45.4 Å². The van der Waals surface area contributed by atoms with Crippen LogP contribution in [0.4, 0.5) is 0 Å². The number of nitrogens with two attached hydrogens (primary N) is 1. The second-order valence-electron chi connectivity index (χ2n) is 8.44. The number of nitrogens with one attached hydrogen (secondary N) is 2. The van der Waals surface area contributed by atoms with E-state index in [4.69, 9.17) is 15.0 Å². The van der Waals surface area contributed by atoms with Gasteiger partial charge >= 0.3 is 5.97 Å². The molecule has 0 fully saturated rings. The predicted molar refractivity (Wildman–Crippen MR) is 138 cm³/mol. The molecule has 11 nitrogen and oxygen atoms in total. The zero-order valence-corrected chi connectivity index (χ0v) is 21.4. The second-order valence-corrected chi connectivity index (χ2v) is 8.44. The van der Waals surface area contributed by atoms with Crippen molar-refractivity contribution in [2.24, 2.45) is 5.73 Å². The van der Waals surface area contributed by atoms with Crippen molar-refractivity contribution >= 4 is 23.7 Å². The number of allylic oxidation sites excluding steroid dienone is 1. The normalized spacial score (nSPS) is 11.2. The topological polar surface area (TPSA) is 161 Å². The van der Waals surface area contributed by atoms with Crippen LogP contribution in [0.2, 0.25) is 0 Å². The second kappa shape index (κ2) is 13.6. The molecule has 2 aromatic heterocycles. The van der Waals surface area contributed by atoms with E-state index in [0.29, 0.717) is 30.0 Å². The zero-order valence-electron chi connectivity index (χ0n) is 21.4. The summed E-state index contributed by atoms with van der Waals surface area (Å²) < 4.78 is 10.4. The fourth-order valence-corrected chi connectivity index (χ4v) is 3.57. The maximum Gasteiger partial charge on any atom is 0.356 e. The number of rotatable bonds is 12. The maximum absolute atomic E-state index is 13.4. The Labute approximate surface area is 220 Å². The average Bonchev–Trinajstić information content (AvgIpc) is 3.56. The van der Waals surface area contributed by atoms with Crippen molar-refractivity contribution in [2.45, 2.75) is 46.0 Å². The molecule has 3 amide bonds. The van der Waals surface area contributed by atoms with Gasteiger partial charge in [0.1, 0.15) is 11.4 Å². The van der Waals surface area contributed by atoms with Gasteiger partial charge in [-0.15, -0.1) is 0 Å². The van der Waals surface area contributed by atoms with Gasteiger partial charge in [-0.3, -0.25) is 19.8 Å². The van der Waals surface area contributed by atoms with E-state index in [9.17, 15) is 19.2 Å². The minimum atomic E-state index is -0.788. The molecule has 38 heavy (non-hydrogen) atoms. The number of aromatic amines is 1. The molecule has 0 spiro atoms. The van der Waals surface area contributed by atoms with Crippen LogP contribution in [0.5, 0.6) is 0 Å². The van der Waals surface area contributed by atoms with E-state index >= 15 is 0 Å². The van der Waals surface area contributed by atoms with Gasteiger partial charge < -0.3 is 20.0 Å². The van der Waals surface area contributed by atoms with Gasteiger partial charge in [-0.25, -0.2) is 9.80 Å². The standard InChI is InChI=1S/C27H31N5O6/c1-3-37-27(36)22(11-7-8-12-24(28)33)32(25(34)16-13-19-9-5-4-6-10-19)30-26(35)21-15-14-20(29-21)23-17-18(2)31-38-23/h4-6,9-11,14-15,17,29H,3,7-8,12-13,16H2,1-2H3,(H2,28,33)(H,30,35)/b22-11-. The van der Waals surface area contributed by atoms with E-state index < -0.39 is 23.7 Å². The van der Waals surface area contributed by atoms with E-state index in [1.165, 1.54) is 12.1 Å². The lowest BCUT2D eigenvalue weighted by molar-refractivity contribution is -0.145. The summed E-state index contributed by atoms with van der Waals surface area (Å²) in [7, 11) is 0. The highest BCUT2D eigenvalue weighted by atomic mass is 16.5. The number of primary amides is 1. The summed E-state index contributed by atoms with van der Waals surface area (Å²) in [5.41, 5.74) is 9.84. The minimum Gasteiger partial charge on any atom is -0.461 e. The van der Waals surface area contributed by atoms with Crippen molar-refractivity contribution in [3.63, 3.8) is 0 Å². The van der Waals surface area contributed by atoms with E-state index in [1.54, 1.807) is 26.0 Å². The fourth-order valence-electron chi connectivity index (χ4n) is 3.57. The summed E-state index contributed by atoms with van der Waals surface area (Å²) in [5, 5.41) is 4.74. The highest BCUT2D eigenvalue weighted by Crippen LogP contribution is 2.20. The number of carbonyl (C=O) groups excluding carboxylic acids is 4. The molecule has 1 aromatic carbocycles. The van der Waals surface area contributed by atoms with Gasteiger partial charge in [-0.1, -0.05) is 41.6 Å². The van der Waals surface area contributed by atoms with Gasteiger partial charge in [-0.2, -0.15) is 0 Å². The van der Waals surface area contributed by atoms with Crippen LogP contribution >= 0.6 is 0 Å². The van der Waals surface area contributed by atoms with Gasteiger partial charge in [0.25, 0.3) is 5.91 Å². The molecule has 0 bridgehead atoms. The third-order valence-corrected chi connectivity index (χ3v) is 5.45. The van der Waals surface area contributed by atoms with E-state index in [1.807, 2.05) is 30.3 Å². The average molecular weight is 522 g/mol. The van der Waals surface area contributed by atoms with Gasteiger partial charge in [-0.05, 0) is 50.8 Å². The predicted octanol–water partition coefficient (Wildman–Crippen LogP) is 3.19. The molecular weight excluding hydrogens is 490 g/mol. The number of unbranched alkanes of at least 4 members (excludes halogenated alkanes) is 1. The molecule has 0 radical (unpaired) electrons. The first-order valence-corrected chi connectivity index (χ1v) is 12.2. The molecule has 4 N–H and O–H groups in total. The first kappa shape index (κ1) is 27.9. The van der Waals surface area contributed by atoms with Gasteiger partial charge in [0.15, 0.2) is 5.76 Å². The molecular formula is C27H31N5O6. The zero-order chi connectivity index (χ0) is 27.5. The number of benzene rings is 1.